The highest BCUT2D eigenvalue weighted by molar-refractivity contribution is 9.10. The molecule has 3 nitrogen and oxygen atoms in total. The lowest BCUT2D eigenvalue weighted by Gasteiger charge is -2.27. The van der Waals surface area contributed by atoms with Crippen molar-refractivity contribution in [1.29, 1.82) is 0 Å². The summed E-state index contributed by atoms with van der Waals surface area (Å²) < 4.78 is 3.17. The van der Waals surface area contributed by atoms with Crippen LogP contribution in [0, 0.1) is 5.92 Å². The van der Waals surface area contributed by atoms with Crippen LogP contribution >= 0.6 is 15.9 Å². The van der Waals surface area contributed by atoms with Crippen LogP contribution in [0.2, 0.25) is 0 Å². The van der Waals surface area contributed by atoms with E-state index in [0.717, 1.165) is 22.6 Å². The number of halogens is 1. The van der Waals surface area contributed by atoms with Crippen molar-refractivity contribution < 1.29 is 4.79 Å². The Labute approximate surface area is 123 Å². The van der Waals surface area contributed by atoms with Crippen LogP contribution in [0.1, 0.15) is 56.1 Å². The summed E-state index contributed by atoms with van der Waals surface area (Å²) in [5, 5.41) is 0. The van der Waals surface area contributed by atoms with E-state index in [1.165, 1.54) is 25.7 Å². The summed E-state index contributed by atoms with van der Waals surface area (Å²) in [5.74, 6) is 0.929. The molecule has 2 saturated carbocycles. The van der Waals surface area contributed by atoms with E-state index in [2.05, 4.69) is 40.5 Å². The average Bonchev–Trinajstić information content (AvgIpc) is 3.24. The third-order valence-corrected chi connectivity index (χ3v) is 4.44. The minimum Gasteiger partial charge on any atom is -0.339 e. The van der Waals surface area contributed by atoms with Gasteiger partial charge in [0.15, 0.2) is 0 Å². The van der Waals surface area contributed by atoms with E-state index in [1.54, 1.807) is 0 Å². The summed E-state index contributed by atoms with van der Waals surface area (Å²) in [6.45, 7) is 5.14. The minimum absolute atomic E-state index is 0.194. The van der Waals surface area contributed by atoms with E-state index >= 15 is 0 Å². The number of carbonyl (C=O) groups is 1. The van der Waals surface area contributed by atoms with Gasteiger partial charge in [0.1, 0.15) is 5.69 Å². The topological polar surface area (TPSA) is 25.2 Å². The van der Waals surface area contributed by atoms with Gasteiger partial charge >= 0.3 is 0 Å². The highest BCUT2D eigenvalue weighted by Gasteiger charge is 2.32. The predicted molar refractivity (Wildman–Crippen MR) is 79.3 cm³/mol. The first-order valence-corrected chi connectivity index (χ1v) is 8.04. The maximum Gasteiger partial charge on any atom is 0.270 e. The Morgan fingerprint density at radius 1 is 1.42 bits per heavy atom. The summed E-state index contributed by atoms with van der Waals surface area (Å²) in [7, 11) is 0. The van der Waals surface area contributed by atoms with E-state index in [-0.39, 0.29) is 11.9 Å². The molecular formula is C15H21BrN2O. The van der Waals surface area contributed by atoms with E-state index in [1.807, 2.05) is 11.0 Å². The lowest BCUT2D eigenvalue weighted by atomic mass is 10.2. The predicted octanol–water partition coefficient (Wildman–Crippen LogP) is 3.85. The fraction of sp³-hybridized carbons (Fsp3) is 0.667. The number of rotatable bonds is 5. The molecule has 0 unspecified atom stereocenters. The van der Waals surface area contributed by atoms with Crippen molar-refractivity contribution in [2.24, 2.45) is 5.92 Å². The Hall–Kier alpha value is -0.770. The maximum absolute atomic E-state index is 12.8. The standard InChI is InChI=1S/C15H21BrN2O/c1-10(2)17(8-11-3-4-11)15(19)14-7-12(16)9-18(14)13-5-6-13/h7,9-11,13H,3-6,8H2,1-2H3. The SMILES string of the molecule is CC(C)N(CC1CC1)C(=O)c1cc(Br)cn1C1CC1. The van der Waals surface area contributed by atoms with Gasteiger partial charge in [0, 0.05) is 29.3 Å². The molecule has 104 valence electrons. The molecule has 2 aliphatic carbocycles. The molecule has 0 bridgehead atoms. The van der Waals surface area contributed by atoms with Crippen molar-refractivity contribution in [1.82, 2.24) is 9.47 Å². The van der Waals surface area contributed by atoms with Gasteiger partial charge in [-0.25, -0.2) is 0 Å². The molecule has 19 heavy (non-hydrogen) atoms. The van der Waals surface area contributed by atoms with Gasteiger partial charge in [-0.2, -0.15) is 0 Å². The third-order valence-electron chi connectivity index (χ3n) is 4.01. The van der Waals surface area contributed by atoms with Crippen molar-refractivity contribution in [3.8, 4) is 0 Å². The molecule has 0 N–H and O–H groups in total. The van der Waals surface area contributed by atoms with Gasteiger partial charge in [0.05, 0.1) is 0 Å². The van der Waals surface area contributed by atoms with E-state index < -0.39 is 0 Å². The van der Waals surface area contributed by atoms with Crippen LogP contribution in [-0.2, 0) is 0 Å². The highest BCUT2D eigenvalue weighted by Crippen LogP contribution is 2.38. The summed E-state index contributed by atoms with van der Waals surface area (Å²) in [5.41, 5.74) is 0.851. The van der Waals surface area contributed by atoms with Crippen LogP contribution in [0.25, 0.3) is 0 Å². The summed E-state index contributed by atoms with van der Waals surface area (Å²) >= 11 is 3.51. The number of hydrogen-bond acceptors (Lipinski definition) is 1. The molecule has 0 saturated heterocycles. The van der Waals surface area contributed by atoms with Gasteiger partial charge in [0.25, 0.3) is 5.91 Å². The molecule has 1 aromatic heterocycles. The first-order valence-electron chi connectivity index (χ1n) is 7.24. The zero-order chi connectivity index (χ0) is 13.6. The molecule has 0 spiro atoms. The van der Waals surface area contributed by atoms with Crippen LogP contribution in [0.3, 0.4) is 0 Å². The normalized spacial score (nSPS) is 18.9. The first kappa shape index (κ1) is 13.2. The Morgan fingerprint density at radius 3 is 2.63 bits per heavy atom. The number of carbonyl (C=O) groups excluding carboxylic acids is 1. The molecule has 4 heteroatoms. The summed E-state index contributed by atoms with van der Waals surface area (Å²) in [6.07, 6.45) is 7.02. The van der Waals surface area contributed by atoms with Gasteiger partial charge in [0.2, 0.25) is 0 Å². The third kappa shape index (κ3) is 2.88. The van der Waals surface area contributed by atoms with Crippen molar-refractivity contribution in [3.05, 3.63) is 22.4 Å². The van der Waals surface area contributed by atoms with Crippen LogP contribution in [-0.4, -0.2) is 28.0 Å². The van der Waals surface area contributed by atoms with Crippen molar-refractivity contribution in [3.63, 3.8) is 0 Å². The van der Waals surface area contributed by atoms with E-state index in [4.69, 9.17) is 0 Å². The highest BCUT2D eigenvalue weighted by atomic mass is 79.9. The van der Waals surface area contributed by atoms with Crippen LogP contribution in [0.15, 0.2) is 16.7 Å². The van der Waals surface area contributed by atoms with Gasteiger partial charge in [-0.1, -0.05) is 0 Å². The van der Waals surface area contributed by atoms with Gasteiger partial charge < -0.3 is 9.47 Å². The molecule has 1 amide bonds. The van der Waals surface area contributed by atoms with Crippen molar-refractivity contribution >= 4 is 21.8 Å². The van der Waals surface area contributed by atoms with Crippen LogP contribution in [0.5, 0.6) is 0 Å². The Bertz CT molecular complexity index is 486. The van der Waals surface area contributed by atoms with Crippen molar-refractivity contribution in [2.75, 3.05) is 6.54 Å². The minimum atomic E-state index is 0.194. The Balaban J connectivity index is 1.83. The van der Waals surface area contributed by atoms with Gasteiger partial charge in [-0.15, -0.1) is 0 Å². The molecule has 1 aromatic rings. The molecule has 3 rings (SSSR count). The molecule has 0 atom stereocenters. The van der Waals surface area contributed by atoms with Crippen LogP contribution < -0.4 is 0 Å². The van der Waals surface area contributed by atoms with Gasteiger partial charge in [-0.05, 0) is 67.4 Å². The quantitative estimate of drug-likeness (QED) is 0.807. The number of hydrogen-bond donors (Lipinski definition) is 0. The molecule has 2 aliphatic rings. The number of amides is 1. The lowest BCUT2D eigenvalue weighted by Crippen LogP contribution is -2.39. The molecule has 0 aliphatic heterocycles. The maximum atomic E-state index is 12.8. The zero-order valence-corrected chi connectivity index (χ0v) is 13.2. The largest absolute Gasteiger partial charge is 0.339 e. The second-order valence-electron chi connectivity index (χ2n) is 6.18. The fourth-order valence-electron chi connectivity index (χ4n) is 2.53. The Morgan fingerprint density at radius 2 is 2.11 bits per heavy atom. The molecule has 0 aromatic carbocycles. The second kappa shape index (κ2) is 4.97. The van der Waals surface area contributed by atoms with Crippen molar-refractivity contribution in [2.45, 2.75) is 51.6 Å². The monoisotopic (exact) mass is 324 g/mol. The van der Waals surface area contributed by atoms with Gasteiger partial charge in [-0.3, -0.25) is 4.79 Å². The first-order chi connectivity index (χ1) is 9.06. The molecule has 2 fully saturated rings. The number of nitrogens with zero attached hydrogens (tertiary/aromatic N) is 2. The number of aromatic nitrogens is 1. The van der Waals surface area contributed by atoms with Crippen LogP contribution in [0.4, 0.5) is 0 Å². The Kier molecular flexibility index (Phi) is 3.46. The molecule has 1 heterocycles. The average molecular weight is 325 g/mol. The lowest BCUT2D eigenvalue weighted by molar-refractivity contribution is 0.0685. The second-order valence-corrected chi connectivity index (χ2v) is 7.09. The smallest absolute Gasteiger partial charge is 0.270 e. The van der Waals surface area contributed by atoms with E-state index in [0.29, 0.717) is 6.04 Å². The molecular weight excluding hydrogens is 304 g/mol. The summed E-state index contributed by atoms with van der Waals surface area (Å²) in [6, 6.07) is 2.79. The zero-order valence-electron chi connectivity index (χ0n) is 11.6. The fourth-order valence-corrected chi connectivity index (χ4v) is 2.96. The molecule has 0 radical (unpaired) electrons. The summed E-state index contributed by atoms with van der Waals surface area (Å²) in [4.78, 5) is 14.8. The van der Waals surface area contributed by atoms with E-state index in [9.17, 15) is 4.79 Å².